The molecule has 2 unspecified atom stereocenters. The van der Waals surface area contributed by atoms with Gasteiger partial charge in [-0.05, 0) is 37.1 Å². The number of morpholine rings is 1. The van der Waals surface area contributed by atoms with Crippen molar-refractivity contribution in [3.8, 4) is 23.2 Å². The Morgan fingerprint density at radius 1 is 1.17 bits per heavy atom. The Morgan fingerprint density at radius 3 is 2.65 bits per heavy atom. The normalized spacial score (nSPS) is 26.0. The largest absolute Gasteiger partial charge is 0.461 e. The lowest BCUT2D eigenvalue weighted by molar-refractivity contribution is -0.137. The molecule has 0 aliphatic carbocycles. The quantitative estimate of drug-likeness (QED) is 0.253. The number of hydrogen-bond acceptors (Lipinski definition) is 9. The summed E-state index contributed by atoms with van der Waals surface area (Å²) < 4.78 is 102. The number of hydrogen-bond donors (Lipinski definition) is 1. The lowest BCUT2D eigenvalue weighted by Crippen LogP contribution is -2.57. The molecule has 4 atom stereocenters. The van der Waals surface area contributed by atoms with Gasteiger partial charge in [0.05, 0.1) is 33.6 Å². The average Bonchev–Trinajstić information content (AvgIpc) is 3.65. The Balaban J connectivity index is 1.34. The van der Waals surface area contributed by atoms with Crippen molar-refractivity contribution in [2.75, 3.05) is 43.4 Å². The first-order chi connectivity index (χ1) is 22.0. The van der Waals surface area contributed by atoms with E-state index in [1.807, 2.05) is 11.0 Å². The third kappa shape index (κ3) is 4.48. The number of benzene rings is 2. The van der Waals surface area contributed by atoms with E-state index in [4.69, 9.17) is 15.2 Å². The Labute approximate surface area is 262 Å². The summed E-state index contributed by atoms with van der Waals surface area (Å²) in [6.45, 7) is 1.68. The monoisotopic (exact) mass is 660 g/mol. The zero-order valence-corrected chi connectivity index (χ0v) is 25.0. The van der Waals surface area contributed by atoms with E-state index in [-0.39, 0.29) is 75.2 Å². The molecule has 2 aromatic heterocycles. The van der Waals surface area contributed by atoms with Gasteiger partial charge in [-0.1, -0.05) is 6.07 Å². The molecule has 0 radical (unpaired) electrons. The van der Waals surface area contributed by atoms with Crippen LogP contribution in [0.4, 0.5) is 37.2 Å². The zero-order valence-electron chi connectivity index (χ0n) is 24.1. The second-order valence-corrected chi connectivity index (χ2v) is 13.5. The number of piperidine rings is 1. The highest BCUT2D eigenvalue weighted by Gasteiger charge is 2.49. The predicted molar refractivity (Wildman–Crippen MR) is 158 cm³/mol. The van der Waals surface area contributed by atoms with E-state index in [0.29, 0.717) is 37.4 Å². The fraction of sp³-hybridized carbons (Fsp3) is 0.452. The molecular weight excluding hydrogens is 634 g/mol. The van der Waals surface area contributed by atoms with E-state index in [1.165, 1.54) is 0 Å². The van der Waals surface area contributed by atoms with Crippen molar-refractivity contribution in [3.05, 3.63) is 41.0 Å². The van der Waals surface area contributed by atoms with Crippen LogP contribution in [-0.4, -0.2) is 71.6 Å². The molecule has 2 N–H and O–H groups in total. The summed E-state index contributed by atoms with van der Waals surface area (Å²) in [5, 5.41) is 9.27. The van der Waals surface area contributed by atoms with Crippen molar-refractivity contribution in [1.82, 2.24) is 14.9 Å². The molecule has 9 rings (SSSR count). The van der Waals surface area contributed by atoms with Gasteiger partial charge in [-0.2, -0.15) is 28.4 Å². The van der Waals surface area contributed by atoms with Gasteiger partial charge in [0.1, 0.15) is 41.0 Å². The Morgan fingerprint density at radius 2 is 1.93 bits per heavy atom. The van der Waals surface area contributed by atoms with E-state index in [9.17, 15) is 27.2 Å². The highest BCUT2D eigenvalue weighted by atomic mass is 32.1. The van der Waals surface area contributed by atoms with Crippen LogP contribution in [0.3, 0.4) is 0 Å². The number of halogens is 6. The molecule has 0 amide bonds. The Kier molecular flexibility index (Phi) is 6.62. The second-order valence-electron chi connectivity index (χ2n) is 12.5. The number of thiophene rings is 1. The topological polar surface area (TPSA) is 101 Å². The maximum Gasteiger partial charge on any atom is 0.417 e. The first kappa shape index (κ1) is 29.5. The smallest absolute Gasteiger partial charge is 0.417 e. The van der Waals surface area contributed by atoms with E-state index in [2.05, 4.69) is 9.97 Å². The molecule has 4 aromatic rings. The van der Waals surface area contributed by atoms with Crippen LogP contribution in [0.1, 0.15) is 36.8 Å². The van der Waals surface area contributed by atoms with Gasteiger partial charge in [0.25, 0.3) is 0 Å². The molecule has 15 heteroatoms. The summed E-state index contributed by atoms with van der Waals surface area (Å²) >= 11 is 0.697. The summed E-state index contributed by atoms with van der Waals surface area (Å²) in [7, 11) is 0. The molecule has 46 heavy (non-hydrogen) atoms. The third-order valence-corrected chi connectivity index (χ3v) is 10.7. The van der Waals surface area contributed by atoms with Crippen molar-refractivity contribution >= 4 is 43.1 Å². The van der Waals surface area contributed by atoms with Gasteiger partial charge in [-0.25, -0.2) is 13.2 Å². The summed E-state index contributed by atoms with van der Waals surface area (Å²) in [5.41, 5.74) is 2.11. The van der Waals surface area contributed by atoms with E-state index in [0.717, 1.165) is 31.0 Å². The molecule has 5 aliphatic heterocycles. The molecular formula is C31H26F6N6O2S. The molecule has 5 saturated heterocycles. The zero-order chi connectivity index (χ0) is 32.1. The molecule has 240 valence electrons. The Hall–Kier alpha value is -3.87. The van der Waals surface area contributed by atoms with Gasteiger partial charge in [0, 0.05) is 48.8 Å². The summed E-state index contributed by atoms with van der Waals surface area (Å²) in [4.78, 5) is 12.6. The molecule has 2 bridgehead atoms. The minimum atomic E-state index is -5.06. The second kappa shape index (κ2) is 10.3. The van der Waals surface area contributed by atoms with Crippen LogP contribution < -0.4 is 15.4 Å². The van der Waals surface area contributed by atoms with Crippen LogP contribution in [0.25, 0.3) is 32.1 Å². The van der Waals surface area contributed by atoms with Crippen molar-refractivity contribution < 1.29 is 35.8 Å². The van der Waals surface area contributed by atoms with Crippen molar-refractivity contribution in [1.29, 1.82) is 5.26 Å². The third-order valence-electron chi connectivity index (χ3n) is 9.68. The van der Waals surface area contributed by atoms with Crippen LogP contribution in [0, 0.1) is 23.0 Å². The standard InChI is InChI=1S/C31H26F6N6O2S/c32-14-8-30(4-1-5-43(30)10-14)13-44-29-40-25-18(28(41-29)42-11-15-6-16(12-42)45-15)7-20(31(35,36)37)23(24(25)34)17-2-3-21(33)26-22(17)19(9-38)27(39)46-26/h2-3,7,14-16H,1,4-6,8,10-13,39H2/t14-,15?,16?,30+/m1/s1. The minimum Gasteiger partial charge on any atom is -0.461 e. The maximum absolute atomic E-state index is 16.9. The summed E-state index contributed by atoms with van der Waals surface area (Å²) in [6.07, 6.45) is -3.76. The SMILES string of the molecule is N#Cc1c(N)sc2c(F)ccc(-c3c(C(F)(F)F)cc4c(N5CC6CC(C5)O6)nc(OC[C@@]56CCCN5C[C@H](F)C6)nc4c3F)c12. The molecule has 0 spiro atoms. The molecule has 5 fully saturated rings. The number of nitriles is 1. The highest BCUT2D eigenvalue weighted by molar-refractivity contribution is 7.23. The van der Waals surface area contributed by atoms with Crippen molar-refractivity contribution in [2.24, 2.45) is 0 Å². The number of ether oxygens (including phenoxy) is 2. The number of alkyl halides is 4. The first-order valence-electron chi connectivity index (χ1n) is 14.9. The average molecular weight is 661 g/mol. The minimum absolute atomic E-state index is 0.0279. The number of aromatic nitrogens is 2. The molecule has 7 heterocycles. The van der Waals surface area contributed by atoms with Crippen LogP contribution in [0.5, 0.6) is 6.01 Å². The van der Waals surface area contributed by atoms with Gasteiger partial charge in [-0.3, -0.25) is 4.90 Å². The molecule has 2 aromatic carbocycles. The number of nitrogens with zero attached hydrogens (tertiary/aromatic N) is 5. The van der Waals surface area contributed by atoms with Crippen LogP contribution in [-0.2, 0) is 10.9 Å². The first-order valence-corrected chi connectivity index (χ1v) is 15.7. The lowest BCUT2D eigenvalue weighted by atomic mass is 9.92. The van der Waals surface area contributed by atoms with Crippen molar-refractivity contribution in [2.45, 2.75) is 55.8 Å². The fourth-order valence-electron chi connectivity index (χ4n) is 7.67. The predicted octanol–water partition coefficient (Wildman–Crippen LogP) is 6.20. The maximum atomic E-state index is 16.9. The Bertz CT molecular complexity index is 1950. The van der Waals surface area contributed by atoms with Crippen LogP contribution in [0.2, 0.25) is 0 Å². The van der Waals surface area contributed by atoms with Gasteiger partial charge < -0.3 is 20.1 Å². The van der Waals surface area contributed by atoms with E-state index in [1.54, 1.807) is 4.90 Å². The summed E-state index contributed by atoms with van der Waals surface area (Å²) in [5.74, 6) is -2.07. The van der Waals surface area contributed by atoms with E-state index < -0.39 is 46.2 Å². The highest BCUT2D eigenvalue weighted by Crippen LogP contribution is 2.48. The van der Waals surface area contributed by atoms with Gasteiger partial charge >= 0.3 is 12.2 Å². The van der Waals surface area contributed by atoms with Crippen LogP contribution >= 0.6 is 11.3 Å². The number of nitrogen functional groups attached to an aromatic ring is 1. The lowest BCUT2D eigenvalue weighted by Gasteiger charge is -2.47. The van der Waals surface area contributed by atoms with Gasteiger partial charge in [-0.15, -0.1) is 11.3 Å². The number of fused-ring (bicyclic) bond motifs is 5. The van der Waals surface area contributed by atoms with Crippen molar-refractivity contribution in [3.63, 3.8) is 0 Å². The number of rotatable bonds is 5. The van der Waals surface area contributed by atoms with Crippen LogP contribution in [0.15, 0.2) is 18.2 Å². The number of nitrogens with two attached hydrogens (primary N) is 1. The fourth-order valence-corrected chi connectivity index (χ4v) is 8.62. The number of anilines is 2. The van der Waals surface area contributed by atoms with Gasteiger partial charge in [0.2, 0.25) is 0 Å². The molecule has 8 nitrogen and oxygen atoms in total. The molecule has 0 saturated carbocycles. The van der Waals surface area contributed by atoms with E-state index >= 15 is 4.39 Å². The molecule has 5 aliphatic rings. The van der Waals surface area contributed by atoms with Gasteiger partial charge in [0.15, 0.2) is 5.82 Å². The summed E-state index contributed by atoms with van der Waals surface area (Å²) in [6, 6.07) is 4.31.